The lowest BCUT2D eigenvalue weighted by atomic mass is 10.2. The van der Waals surface area contributed by atoms with E-state index < -0.39 is 49.9 Å². The predicted octanol–water partition coefficient (Wildman–Crippen LogP) is 4.56. The van der Waals surface area contributed by atoms with Crippen LogP contribution in [0.5, 0.6) is 0 Å². The van der Waals surface area contributed by atoms with E-state index in [1.165, 1.54) is 24.3 Å². The lowest BCUT2D eigenvalue weighted by Crippen LogP contribution is -2.37. The monoisotopic (exact) mass is 561 g/mol. The molecule has 3 aromatic rings. The first-order chi connectivity index (χ1) is 16.7. The number of benzene rings is 3. The van der Waals surface area contributed by atoms with E-state index in [2.05, 4.69) is 10.0 Å². The SMILES string of the molecule is CS(=O)(=O)N(CC(=O)Nc1ccc(S(=O)(=O)Nc2ccccc2)cc1)c1cc(C(F)(F)F)ccc1Cl. The Hall–Kier alpha value is -3.29. The van der Waals surface area contributed by atoms with Gasteiger partial charge in [0.15, 0.2) is 0 Å². The van der Waals surface area contributed by atoms with E-state index in [4.69, 9.17) is 11.6 Å². The molecule has 3 aromatic carbocycles. The van der Waals surface area contributed by atoms with Crippen molar-refractivity contribution >= 4 is 54.6 Å². The summed E-state index contributed by atoms with van der Waals surface area (Å²) in [5, 5.41) is 2.08. The Bertz CT molecular complexity index is 1470. The summed E-state index contributed by atoms with van der Waals surface area (Å²) in [5.74, 6) is -0.896. The van der Waals surface area contributed by atoms with Crippen LogP contribution >= 0.6 is 11.6 Å². The van der Waals surface area contributed by atoms with Gasteiger partial charge in [0.2, 0.25) is 15.9 Å². The molecule has 14 heteroatoms. The second kappa shape index (κ2) is 10.4. The van der Waals surface area contributed by atoms with Gasteiger partial charge in [-0.15, -0.1) is 0 Å². The molecule has 0 spiro atoms. The highest BCUT2D eigenvalue weighted by Crippen LogP contribution is 2.36. The minimum absolute atomic E-state index is 0.0992. The van der Waals surface area contributed by atoms with Crippen LogP contribution in [0.15, 0.2) is 77.7 Å². The maximum Gasteiger partial charge on any atom is 0.416 e. The molecule has 0 bridgehead atoms. The highest BCUT2D eigenvalue weighted by atomic mass is 35.5. The summed E-state index contributed by atoms with van der Waals surface area (Å²) < 4.78 is 91.7. The van der Waals surface area contributed by atoms with Crippen molar-refractivity contribution in [3.05, 3.63) is 83.4 Å². The van der Waals surface area contributed by atoms with E-state index in [1.807, 2.05) is 0 Å². The smallest absolute Gasteiger partial charge is 0.325 e. The van der Waals surface area contributed by atoms with Crippen LogP contribution in [0, 0.1) is 0 Å². The molecule has 36 heavy (non-hydrogen) atoms. The number of para-hydroxylation sites is 1. The molecular formula is C22H19ClF3N3O5S2. The quantitative estimate of drug-likeness (QED) is 0.418. The number of nitrogens with one attached hydrogen (secondary N) is 2. The zero-order valence-electron chi connectivity index (χ0n) is 18.5. The Kier molecular flexibility index (Phi) is 7.86. The van der Waals surface area contributed by atoms with Crippen molar-refractivity contribution in [2.45, 2.75) is 11.1 Å². The normalized spacial score (nSPS) is 12.1. The first kappa shape index (κ1) is 27.3. The summed E-state index contributed by atoms with van der Waals surface area (Å²) in [5.41, 5.74) is -1.18. The van der Waals surface area contributed by atoms with Crippen molar-refractivity contribution in [1.29, 1.82) is 0 Å². The molecule has 0 saturated carbocycles. The molecule has 0 atom stereocenters. The topological polar surface area (TPSA) is 113 Å². The maximum absolute atomic E-state index is 13.1. The second-order valence-electron chi connectivity index (χ2n) is 7.48. The molecular weight excluding hydrogens is 543 g/mol. The average molecular weight is 562 g/mol. The molecule has 0 aromatic heterocycles. The number of rotatable bonds is 8. The maximum atomic E-state index is 13.1. The molecule has 0 fully saturated rings. The summed E-state index contributed by atoms with van der Waals surface area (Å²) in [6.45, 7) is -0.879. The van der Waals surface area contributed by atoms with Crippen LogP contribution in [0.25, 0.3) is 0 Å². The number of anilines is 3. The number of alkyl halides is 3. The fraction of sp³-hybridized carbons (Fsp3) is 0.136. The largest absolute Gasteiger partial charge is 0.416 e. The number of carbonyl (C=O) groups is 1. The number of hydrogen-bond donors (Lipinski definition) is 2. The van der Waals surface area contributed by atoms with E-state index >= 15 is 0 Å². The van der Waals surface area contributed by atoms with Crippen LogP contribution in [-0.2, 0) is 31.0 Å². The highest BCUT2D eigenvalue weighted by Gasteiger charge is 2.33. The molecule has 0 heterocycles. The number of hydrogen-bond acceptors (Lipinski definition) is 5. The number of sulfonamides is 2. The van der Waals surface area contributed by atoms with Crippen molar-refractivity contribution in [1.82, 2.24) is 0 Å². The molecule has 0 radical (unpaired) electrons. The first-order valence-electron chi connectivity index (χ1n) is 9.99. The highest BCUT2D eigenvalue weighted by molar-refractivity contribution is 7.92. The molecule has 2 N–H and O–H groups in total. The number of nitrogens with zero attached hydrogens (tertiary/aromatic N) is 1. The summed E-state index contributed by atoms with van der Waals surface area (Å²) in [6, 6.07) is 15.3. The van der Waals surface area contributed by atoms with Gasteiger partial charge < -0.3 is 5.32 Å². The summed E-state index contributed by atoms with van der Waals surface area (Å²) >= 11 is 5.94. The molecule has 3 rings (SSSR count). The van der Waals surface area contributed by atoms with E-state index in [0.717, 1.165) is 12.3 Å². The Morgan fingerprint density at radius 1 is 0.917 bits per heavy atom. The van der Waals surface area contributed by atoms with Crippen molar-refractivity contribution < 1.29 is 34.8 Å². The van der Waals surface area contributed by atoms with Crippen molar-refractivity contribution in [3.8, 4) is 0 Å². The third kappa shape index (κ3) is 6.89. The van der Waals surface area contributed by atoms with E-state index in [9.17, 15) is 34.8 Å². The number of amides is 1. The third-order valence-electron chi connectivity index (χ3n) is 4.70. The standard InChI is InChI=1S/C22H19ClF3N3O5S2/c1-35(31,32)29(20-13-15(22(24,25)26)7-12-19(20)23)14-21(30)27-16-8-10-18(11-9-16)36(33,34)28-17-5-3-2-4-6-17/h2-13,28H,14H2,1H3,(H,27,30). The zero-order valence-corrected chi connectivity index (χ0v) is 20.8. The molecule has 0 unspecified atom stereocenters. The van der Waals surface area contributed by atoms with Crippen LogP contribution in [-0.4, -0.2) is 35.5 Å². The van der Waals surface area contributed by atoms with Crippen LogP contribution in [0.3, 0.4) is 0 Å². The van der Waals surface area contributed by atoms with Gasteiger partial charge >= 0.3 is 6.18 Å². The molecule has 192 valence electrons. The Morgan fingerprint density at radius 2 is 1.53 bits per heavy atom. The molecule has 0 aliphatic heterocycles. The third-order valence-corrected chi connectivity index (χ3v) is 7.55. The van der Waals surface area contributed by atoms with E-state index in [-0.39, 0.29) is 15.6 Å². The van der Waals surface area contributed by atoms with Crippen LogP contribution in [0.1, 0.15) is 5.56 Å². The van der Waals surface area contributed by atoms with Crippen molar-refractivity contribution in [2.75, 3.05) is 27.1 Å². The average Bonchev–Trinajstić information content (AvgIpc) is 2.77. The van der Waals surface area contributed by atoms with Gasteiger partial charge in [-0.1, -0.05) is 29.8 Å². The summed E-state index contributed by atoms with van der Waals surface area (Å²) in [4.78, 5) is 12.4. The van der Waals surface area contributed by atoms with Gasteiger partial charge in [-0.05, 0) is 54.6 Å². The first-order valence-corrected chi connectivity index (χ1v) is 13.7. The minimum Gasteiger partial charge on any atom is -0.325 e. The minimum atomic E-state index is -4.76. The van der Waals surface area contributed by atoms with Gasteiger partial charge in [0.25, 0.3) is 10.0 Å². The molecule has 1 amide bonds. The van der Waals surface area contributed by atoms with Crippen LogP contribution in [0.4, 0.5) is 30.2 Å². The van der Waals surface area contributed by atoms with Gasteiger partial charge in [-0.2, -0.15) is 13.2 Å². The Morgan fingerprint density at radius 3 is 2.08 bits per heavy atom. The molecule has 0 aliphatic carbocycles. The fourth-order valence-electron chi connectivity index (χ4n) is 3.03. The van der Waals surface area contributed by atoms with Crippen molar-refractivity contribution in [2.24, 2.45) is 0 Å². The van der Waals surface area contributed by atoms with Crippen molar-refractivity contribution in [3.63, 3.8) is 0 Å². The number of halogens is 4. The number of carbonyl (C=O) groups excluding carboxylic acids is 1. The van der Waals surface area contributed by atoms with Gasteiger partial charge in [0.05, 0.1) is 27.4 Å². The Labute approximate surface area is 210 Å². The van der Waals surface area contributed by atoms with E-state index in [1.54, 1.807) is 30.3 Å². The fourth-order valence-corrected chi connectivity index (χ4v) is 5.22. The van der Waals surface area contributed by atoms with Crippen LogP contribution in [0.2, 0.25) is 5.02 Å². The second-order valence-corrected chi connectivity index (χ2v) is 11.5. The van der Waals surface area contributed by atoms with Gasteiger partial charge in [0, 0.05) is 11.4 Å². The summed E-state index contributed by atoms with van der Waals surface area (Å²) in [6.07, 6.45) is -4.04. The predicted molar refractivity (Wildman–Crippen MR) is 131 cm³/mol. The van der Waals surface area contributed by atoms with Gasteiger partial charge in [-0.25, -0.2) is 16.8 Å². The molecule has 0 aliphatic rings. The van der Waals surface area contributed by atoms with Gasteiger partial charge in [0.1, 0.15) is 6.54 Å². The van der Waals surface area contributed by atoms with Gasteiger partial charge in [-0.3, -0.25) is 13.8 Å². The summed E-state index contributed by atoms with van der Waals surface area (Å²) in [7, 11) is -8.12. The molecule has 0 saturated heterocycles. The lowest BCUT2D eigenvalue weighted by molar-refractivity contribution is -0.137. The Balaban J connectivity index is 1.78. The zero-order chi connectivity index (χ0) is 26.7. The molecule has 8 nitrogen and oxygen atoms in total. The van der Waals surface area contributed by atoms with E-state index in [0.29, 0.717) is 22.1 Å². The lowest BCUT2D eigenvalue weighted by Gasteiger charge is -2.24. The van der Waals surface area contributed by atoms with Crippen LogP contribution < -0.4 is 14.3 Å².